The molecular formula is C10H14O. The van der Waals surface area contributed by atoms with Crippen molar-refractivity contribution in [2.24, 2.45) is 11.3 Å². The number of Topliss-reactive ketones (excluding diaryl/α,β-unsaturated/α-hetero) is 1. The standard InChI is InChI=1S/C10H14O/c1-4-5-6-9(11)8-7-10(8,2)3/h8H,6-7H2,1-3H3. The van der Waals surface area contributed by atoms with Gasteiger partial charge < -0.3 is 0 Å². The fourth-order valence-electron chi connectivity index (χ4n) is 1.32. The summed E-state index contributed by atoms with van der Waals surface area (Å²) >= 11 is 0. The molecular weight excluding hydrogens is 136 g/mol. The van der Waals surface area contributed by atoms with Crippen LogP contribution in [0.2, 0.25) is 0 Å². The van der Waals surface area contributed by atoms with Gasteiger partial charge in [0.1, 0.15) is 5.78 Å². The molecule has 1 aliphatic rings. The van der Waals surface area contributed by atoms with Crippen LogP contribution >= 0.6 is 0 Å². The SMILES string of the molecule is CC#CCC(=O)C1CC1(C)C. The lowest BCUT2D eigenvalue weighted by molar-refractivity contribution is -0.119. The lowest BCUT2D eigenvalue weighted by atomic mass is 10.1. The summed E-state index contributed by atoms with van der Waals surface area (Å²) < 4.78 is 0. The predicted molar refractivity (Wildman–Crippen MR) is 45.0 cm³/mol. The van der Waals surface area contributed by atoms with E-state index in [1.165, 1.54) is 0 Å². The van der Waals surface area contributed by atoms with Gasteiger partial charge in [-0.2, -0.15) is 0 Å². The molecule has 11 heavy (non-hydrogen) atoms. The Kier molecular flexibility index (Phi) is 2.04. The van der Waals surface area contributed by atoms with Crippen molar-refractivity contribution in [1.82, 2.24) is 0 Å². The lowest BCUT2D eigenvalue weighted by Crippen LogP contribution is -2.04. The zero-order chi connectivity index (χ0) is 8.48. The molecule has 1 saturated carbocycles. The van der Waals surface area contributed by atoms with Crippen molar-refractivity contribution in [3.63, 3.8) is 0 Å². The van der Waals surface area contributed by atoms with Gasteiger partial charge in [0, 0.05) is 5.92 Å². The van der Waals surface area contributed by atoms with E-state index in [1.807, 2.05) is 0 Å². The van der Waals surface area contributed by atoms with Crippen LogP contribution in [-0.2, 0) is 4.79 Å². The Bertz CT molecular complexity index is 227. The first kappa shape index (κ1) is 8.33. The van der Waals surface area contributed by atoms with Gasteiger partial charge in [-0.05, 0) is 18.8 Å². The van der Waals surface area contributed by atoms with Gasteiger partial charge >= 0.3 is 0 Å². The molecule has 0 radical (unpaired) electrons. The number of carbonyl (C=O) groups is 1. The summed E-state index contributed by atoms with van der Waals surface area (Å²) in [6.07, 6.45) is 1.50. The van der Waals surface area contributed by atoms with E-state index < -0.39 is 0 Å². The third-order valence-corrected chi connectivity index (χ3v) is 2.34. The largest absolute Gasteiger partial charge is 0.298 e. The second-order valence-corrected chi connectivity index (χ2v) is 3.82. The maximum atomic E-state index is 11.3. The molecule has 0 heterocycles. The number of ketones is 1. The van der Waals surface area contributed by atoms with Crippen molar-refractivity contribution < 1.29 is 4.79 Å². The van der Waals surface area contributed by atoms with Gasteiger partial charge in [-0.3, -0.25) is 4.79 Å². The average molecular weight is 150 g/mol. The van der Waals surface area contributed by atoms with E-state index in [1.54, 1.807) is 6.92 Å². The number of rotatable bonds is 2. The van der Waals surface area contributed by atoms with Crippen LogP contribution in [0.3, 0.4) is 0 Å². The van der Waals surface area contributed by atoms with Crippen LogP contribution in [-0.4, -0.2) is 5.78 Å². The highest BCUT2D eigenvalue weighted by atomic mass is 16.1. The number of hydrogen-bond donors (Lipinski definition) is 0. The molecule has 1 heteroatoms. The van der Waals surface area contributed by atoms with E-state index in [0.29, 0.717) is 18.1 Å². The van der Waals surface area contributed by atoms with Gasteiger partial charge in [-0.1, -0.05) is 19.8 Å². The molecule has 1 unspecified atom stereocenters. The van der Waals surface area contributed by atoms with Gasteiger partial charge in [0.25, 0.3) is 0 Å². The molecule has 0 spiro atoms. The van der Waals surface area contributed by atoms with Crippen LogP contribution in [0.5, 0.6) is 0 Å². The predicted octanol–water partition coefficient (Wildman–Crippen LogP) is 2.02. The summed E-state index contributed by atoms with van der Waals surface area (Å²) in [4.78, 5) is 11.3. The first-order chi connectivity index (χ1) is 5.08. The first-order valence-electron chi connectivity index (χ1n) is 4.00. The monoisotopic (exact) mass is 150 g/mol. The fraction of sp³-hybridized carbons (Fsp3) is 0.700. The van der Waals surface area contributed by atoms with E-state index in [-0.39, 0.29) is 5.41 Å². The van der Waals surface area contributed by atoms with E-state index in [9.17, 15) is 4.79 Å². The van der Waals surface area contributed by atoms with E-state index >= 15 is 0 Å². The van der Waals surface area contributed by atoms with E-state index in [4.69, 9.17) is 0 Å². The van der Waals surface area contributed by atoms with Crippen LogP contribution in [0.1, 0.15) is 33.6 Å². The average Bonchev–Trinajstić information content (AvgIpc) is 2.55. The van der Waals surface area contributed by atoms with Crippen molar-refractivity contribution in [3.05, 3.63) is 0 Å². The summed E-state index contributed by atoms with van der Waals surface area (Å²) in [5.41, 5.74) is 0.270. The van der Waals surface area contributed by atoms with Gasteiger partial charge in [0.05, 0.1) is 6.42 Å². The third-order valence-electron chi connectivity index (χ3n) is 2.34. The fourth-order valence-corrected chi connectivity index (χ4v) is 1.32. The van der Waals surface area contributed by atoms with Crippen molar-refractivity contribution in [1.29, 1.82) is 0 Å². The van der Waals surface area contributed by atoms with Crippen molar-refractivity contribution in [2.75, 3.05) is 0 Å². The van der Waals surface area contributed by atoms with Gasteiger partial charge in [0.15, 0.2) is 0 Å². The van der Waals surface area contributed by atoms with Crippen LogP contribution < -0.4 is 0 Å². The van der Waals surface area contributed by atoms with Crippen LogP contribution in [0, 0.1) is 23.2 Å². The summed E-state index contributed by atoms with van der Waals surface area (Å²) in [7, 11) is 0. The molecule has 1 rings (SSSR count). The van der Waals surface area contributed by atoms with Crippen LogP contribution in [0.25, 0.3) is 0 Å². The molecule has 0 aromatic rings. The van der Waals surface area contributed by atoms with Crippen molar-refractivity contribution in [3.8, 4) is 11.8 Å². The quantitative estimate of drug-likeness (QED) is 0.550. The zero-order valence-electron chi connectivity index (χ0n) is 7.40. The minimum absolute atomic E-state index is 0.270. The Morgan fingerprint density at radius 2 is 2.18 bits per heavy atom. The lowest BCUT2D eigenvalue weighted by Gasteiger charge is -1.97. The van der Waals surface area contributed by atoms with Crippen LogP contribution in [0.15, 0.2) is 0 Å². The second-order valence-electron chi connectivity index (χ2n) is 3.82. The van der Waals surface area contributed by atoms with Crippen LogP contribution in [0.4, 0.5) is 0 Å². The number of carbonyl (C=O) groups excluding carboxylic acids is 1. The van der Waals surface area contributed by atoms with E-state index in [2.05, 4.69) is 25.7 Å². The first-order valence-corrected chi connectivity index (χ1v) is 4.00. The topological polar surface area (TPSA) is 17.1 Å². The summed E-state index contributed by atoms with van der Waals surface area (Å²) in [6, 6.07) is 0. The van der Waals surface area contributed by atoms with Crippen molar-refractivity contribution in [2.45, 2.75) is 33.6 Å². The maximum absolute atomic E-state index is 11.3. The molecule has 0 bridgehead atoms. The smallest absolute Gasteiger partial charge is 0.148 e. The maximum Gasteiger partial charge on any atom is 0.148 e. The zero-order valence-corrected chi connectivity index (χ0v) is 7.40. The summed E-state index contributed by atoms with van der Waals surface area (Å²) in [5, 5.41) is 0. The Morgan fingerprint density at radius 1 is 1.64 bits per heavy atom. The highest BCUT2D eigenvalue weighted by Crippen LogP contribution is 2.52. The van der Waals surface area contributed by atoms with Gasteiger partial charge in [-0.25, -0.2) is 0 Å². The highest BCUT2D eigenvalue weighted by Gasteiger charge is 2.49. The Labute approximate surface area is 68.2 Å². The molecule has 60 valence electrons. The molecule has 0 saturated heterocycles. The number of hydrogen-bond acceptors (Lipinski definition) is 1. The minimum atomic E-state index is 0.270. The van der Waals surface area contributed by atoms with Gasteiger partial charge in [-0.15, -0.1) is 5.92 Å². The molecule has 0 N–H and O–H groups in total. The van der Waals surface area contributed by atoms with Gasteiger partial charge in [0.2, 0.25) is 0 Å². The third kappa shape index (κ3) is 1.83. The summed E-state index contributed by atoms with van der Waals surface area (Å²) in [5.74, 6) is 6.16. The molecule has 0 aromatic carbocycles. The Hall–Kier alpha value is -0.770. The molecule has 1 aliphatic carbocycles. The molecule has 1 fully saturated rings. The normalized spacial score (nSPS) is 25.2. The molecule has 1 nitrogen and oxygen atoms in total. The Morgan fingerprint density at radius 3 is 2.55 bits per heavy atom. The minimum Gasteiger partial charge on any atom is -0.298 e. The molecule has 0 aliphatic heterocycles. The Balaban J connectivity index is 2.38. The van der Waals surface area contributed by atoms with E-state index in [0.717, 1.165) is 6.42 Å². The molecule has 0 aromatic heterocycles. The molecule has 0 amide bonds. The second kappa shape index (κ2) is 2.70. The molecule has 1 atom stereocenters. The highest BCUT2D eigenvalue weighted by molar-refractivity contribution is 5.86. The summed E-state index contributed by atoms with van der Waals surface area (Å²) in [6.45, 7) is 6.04. The van der Waals surface area contributed by atoms with Crippen molar-refractivity contribution >= 4 is 5.78 Å².